The largest absolute Gasteiger partial charge is 0.391 e. The first-order valence-electron chi connectivity index (χ1n) is 9.11. The van der Waals surface area contributed by atoms with E-state index in [-0.39, 0.29) is 11.8 Å². The first-order chi connectivity index (χ1) is 12.9. The van der Waals surface area contributed by atoms with Crippen molar-refractivity contribution in [1.29, 1.82) is 0 Å². The second kappa shape index (κ2) is 6.74. The van der Waals surface area contributed by atoms with E-state index in [9.17, 15) is 9.90 Å². The van der Waals surface area contributed by atoms with E-state index in [2.05, 4.69) is 15.1 Å². The maximum Gasteiger partial charge on any atom is 0.254 e. The number of hydrogen-bond acceptors (Lipinski definition) is 5. The van der Waals surface area contributed by atoms with Gasteiger partial charge in [0, 0.05) is 44.1 Å². The van der Waals surface area contributed by atoms with E-state index in [0.29, 0.717) is 24.3 Å². The Bertz CT molecular complexity index is 999. The Morgan fingerprint density at radius 1 is 1.26 bits per heavy atom. The first kappa shape index (κ1) is 17.6. The van der Waals surface area contributed by atoms with Gasteiger partial charge in [-0.05, 0) is 44.0 Å². The fraction of sp³-hybridized carbons (Fsp3) is 0.400. The number of hydrogen-bond donors (Lipinski definition) is 1. The van der Waals surface area contributed by atoms with Gasteiger partial charge in [0.2, 0.25) is 0 Å². The summed E-state index contributed by atoms with van der Waals surface area (Å²) in [5.41, 5.74) is 4.01. The van der Waals surface area contributed by atoms with Gasteiger partial charge < -0.3 is 10.0 Å². The molecule has 1 fully saturated rings. The minimum atomic E-state index is -0.532. The van der Waals surface area contributed by atoms with Crippen LogP contribution < -0.4 is 0 Å². The van der Waals surface area contributed by atoms with E-state index in [1.807, 2.05) is 39.1 Å². The van der Waals surface area contributed by atoms with Crippen molar-refractivity contribution in [1.82, 2.24) is 24.6 Å². The van der Waals surface area contributed by atoms with Gasteiger partial charge in [-0.15, -0.1) is 0 Å². The summed E-state index contributed by atoms with van der Waals surface area (Å²) in [5.74, 6) is -0.0531. The molecular weight excluding hydrogens is 342 g/mol. The molecule has 7 nitrogen and oxygen atoms in total. The van der Waals surface area contributed by atoms with Gasteiger partial charge in [0.05, 0.1) is 22.7 Å². The molecule has 0 unspecified atom stereocenters. The highest BCUT2D eigenvalue weighted by Gasteiger charge is 2.35. The van der Waals surface area contributed by atoms with E-state index in [1.54, 1.807) is 22.0 Å². The predicted molar refractivity (Wildman–Crippen MR) is 101 cm³/mol. The van der Waals surface area contributed by atoms with Crippen LogP contribution in [0.25, 0.3) is 11.0 Å². The standard InChI is InChI=1S/C20H23N5O2/c1-12-8-16(18-13(2)23-24(3)19(18)22-12)20(27)25-10-15(17(26)11-25)9-14-4-6-21-7-5-14/h4-8,15,17,26H,9-11H2,1-3H3/t15-,17-/m1/s1. The molecule has 3 aromatic heterocycles. The molecule has 1 N–H and O–H groups in total. The number of nitrogens with zero attached hydrogens (tertiary/aromatic N) is 5. The lowest BCUT2D eigenvalue weighted by Crippen LogP contribution is -2.30. The maximum atomic E-state index is 13.3. The van der Waals surface area contributed by atoms with Gasteiger partial charge in [0.25, 0.3) is 5.91 Å². The van der Waals surface area contributed by atoms with Gasteiger partial charge in [-0.1, -0.05) is 0 Å². The lowest BCUT2D eigenvalue weighted by atomic mass is 9.97. The molecule has 0 radical (unpaired) electrons. The summed E-state index contributed by atoms with van der Waals surface area (Å²) in [6, 6.07) is 5.72. The number of fused-ring (bicyclic) bond motifs is 1. The zero-order valence-electron chi connectivity index (χ0n) is 15.8. The topological polar surface area (TPSA) is 84.1 Å². The van der Waals surface area contributed by atoms with Gasteiger partial charge in [0.15, 0.2) is 5.65 Å². The average Bonchev–Trinajstić information content (AvgIpc) is 3.14. The van der Waals surface area contributed by atoms with E-state index in [0.717, 1.165) is 28.8 Å². The number of amides is 1. The van der Waals surface area contributed by atoms with Gasteiger partial charge in [0.1, 0.15) is 0 Å². The second-order valence-corrected chi connectivity index (χ2v) is 7.32. The zero-order valence-corrected chi connectivity index (χ0v) is 15.8. The van der Waals surface area contributed by atoms with Gasteiger partial charge in [-0.25, -0.2) is 4.98 Å². The van der Waals surface area contributed by atoms with Gasteiger partial charge in [-0.2, -0.15) is 5.10 Å². The van der Waals surface area contributed by atoms with Crippen molar-refractivity contribution in [3.63, 3.8) is 0 Å². The van der Waals surface area contributed by atoms with Crippen LogP contribution in [0.4, 0.5) is 0 Å². The van der Waals surface area contributed by atoms with Crippen LogP contribution in [0.2, 0.25) is 0 Å². The van der Waals surface area contributed by atoms with E-state index >= 15 is 0 Å². The van der Waals surface area contributed by atoms with Crippen LogP contribution in [0.1, 0.15) is 27.3 Å². The molecule has 1 saturated heterocycles. The average molecular weight is 365 g/mol. The van der Waals surface area contributed by atoms with Crippen LogP contribution in [-0.4, -0.2) is 54.9 Å². The molecule has 1 amide bonds. The molecule has 0 saturated carbocycles. The Kier molecular flexibility index (Phi) is 4.39. The summed E-state index contributed by atoms with van der Waals surface area (Å²) in [4.78, 5) is 23.6. The predicted octanol–water partition coefficient (Wildman–Crippen LogP) is 1.66. The molecule has 4 heterocycles. The second-order valence-electron chi connectivity index (χ2n) is 7.32. The van der Waals surface area contributed by atoms with Crippen LogP contribution in [0.5, 0.6) is 0 Å². The number of likely N-dealkylation sites (tertiary alicyclic amines) is 1. The summed E-state index contributed by atoms with van der Waals surface area (Å²) in [5, 5.41) is 15.7. The Morgan fingerprint density at radius 3 is 2.74 bits per heavy atom. The van der Waals surface area contributed by atoms with Crippen LogP contribution in [0, 0.1) is 19.8 Å². The van der Waals surface area contributed by atoms with Crippen molar-refractivity contribution in [2.75, 3.05) is 13.1 Å². The third kappa shape index (κ3) is 3.19. The molecule has 27 heavy (non-hydrogen) atoms. The molecule has 3 aromatic rings. The minimum Gasteiger partial charge on any atom is -0.391 e. The fourth-order valence-electron chi connectivity index (χ4n) is 3.95. The molecule has 1 aliphatic rings. The third-order valence-corrected chi connectivity index (χ3v) is 5.27. The number of carbonyl (C=O) groups is 1. The Morgan fingerprint density at radius 2 is 2.00 bits per heavy atom. The van der Waals surface area contributed by atoms with Crippen LogP contribution >= 0.6 is 0 Å². The van der Waals surface area contributed by atoms with Crippen LogP contribution in [0.3, 0.4) is 0 Å². The van der Waals surface area contributed by atoms with Gasteiger partial charge >= 0.3 is 0 Å². The van der Waals surface area contributed by atoms with Crippen molar-refractivity contribution in [2.45, 2.75) is 26.4 Å². The highest BCUT2D eigenvalue weighted by atomic mass is 16.3. The summed E-state index contributed by atoms with van der Waals surface area (Å²) >= 11 is 0. The normalized spacial score (nSPS) is 19.8. The molecule has 0 spiro atoms. The third-order valence-electron chi connectivity index (χ3n) is 5.27. The summed E-state index contributed by atoms with van der Waals surface area (Å²) in [6.45, 7) is 4.64. The molecule has 2 atom stereocenters. The monoisotopic (exact) mass is 365 g/mol. The number of aromatic nitrogens is 4. The molecular formula is C20H23N5O2. The van der Waals surface area contributed by atoms with E-state index in [1.165, 1.54) is 0 Å². The smallest absolute Gasteiger partial charge is 0.254 e. The molecule has 0 bridgehead atoms. The van der Waals surface area contributed by atoms with Crippen molar-refractivity contribution >= 4 is 16.9 Å². The number of β-amino-alcohol motifs (C(OH)–C–C–N with tert-alkyl or cyclic N) is 1. The summed E-state index contributed by atoms with van der Waals surface area (Å²) < 4.78 is 1.71. The molecule has 4 rings (SSSR count). The van der Waals surface area contributed by atoms with Gasteiger partial charge in [-0.3, -0.25) is 14.5 Å². The van der Waals surface area contributed by atoms with Crippen molar-refractivity contribution < 1.29 is 9.90 Å². The highest BCUT2D eigenvalue weighted by molar-refractivity contribution is 6.06. The number of aliphatic hydroxyl groups excluding tert-OH is 1. The number of pyridine rings is 2. The summed E-state index contributed by atoms with van der Waals surface area (Å²) in [7, 11) is 1.83. The molecule has 140 valence electrons. The number of rotatable bonds is 3. The molecule has 0 aliphatic carbocycles. The van der Waals surface area contributed by atoms with Crippen molar-refractivity contribution in [3.05, 3.63) is 53.1 Å². The van der Waals surface area contributed by atoms with E-state index < -0.39 is 6.10 Å². The molecule has 7 heteroatoms. The Balaban J connectivity index is 1.61. The number of aliphatic hydroxyl groups is 1. The number of aryl methyl sites for hydroxylation is 3. The Labute approximate surface area is 157 Å². The first-order valence-corrected chi connectivity index (χ1v) is 9.11. The summed E-state index contributed by atoms with van der Waals surface area (Å²) in [6.07, 6.45) is 3.70. The van der Waals surface area contributed by atoms with Crippen LogP contribution in [0.15, 0.2) is 30.6 Å². The minimum absolute atomic E-state index is 0.0183. The van der Waals surface area contributed by atoms with Crippen molar-refractivity contribution in [3.8, 4) is 0 Å². The van der Waals surface area contributed by atoms with Crippen molar-refractivity contribution in [2.24, 2.45) is 13.0 Å². The lowest BCUT2D eigenvalue weighted by molar-refractivity contribution is 0.0766. The fourth-order valence-corrected chi connectivity index (χ4v) is 3.95. The Hall–Kier alpha value is -2.80. The highest BCUT2D eigenvalue weighted by Crippen LogP contribution is 2.27. The molecule has 1 aliphatic heterocycles. The lowest BCUT2D eigenvalue weighted by Gasteiger charge is -2.17. The zero-order chi connectivity index (χ0) is 19.1. The SMILES string of the molecule is Cc1cc(C(=O)N2C[C@@H](Cc3ccncc3)[C@H](O)C2)c2c(C)nn(C)c2n1. The van der Waals surface area contributed by atoms with E-state index in [4.69, 9.17) is 0 Å². The number of carbonyl (C=O) groups excluding carboxylic acids is 1. The maximum absolute atomic E-state index is 13.3. The molecule has 0 aromatic carbocycles. The van der Waals surface area contributed by atoms with Crippen LogP contribution in [-0.2, 0) is 13.5 Å². The quantitative estimate of drug-likeness (QED) is 0.763.